The van der Waals surface area contributed by atoms with Gasteiger partial charge in [0.15, 0.2) is 0 Å². The van der Waals surface area contributed by atoms with Crippen LogP contribution in [0, 0.1) is 5.92 Å². The molecular weight excluding hydrogens is 140 g/mol. The van der Waals surface area contributed by atoms with Crippen molar-refractivity contribution < 1.29 is 9.53 Å². The summed E-state index contributed by atoms with van der Waals surface area (Å²) in [7, 11) is 0. The van der Waals surface area contributed by atoms with Gasteiger partial charge in [-0.05, 0) is 12.8 Å². The highest BCUT2D eigenvalue weighted by molar-refractivity contribution is 5.36. The molecule has 0 spiro atoms. The molecule has 0 aromatic rings. The van der Waals surface area contributed by atoms with E-state index >= 15 is 0 Å². The van der Waals surface area contributed by atoms with Gasteiger partial charge in [-0.3, -0.25) is 4.79 Å². The molecule has 0 aromatic carbocycles. The van der Waals surface area contributed by atoms with Crippen molar-refractivity contribution in [1.82, 2.24) is 0 Å². The summed E-state index contributed by atoms with van der Waals surface area (Å²) in [6.45, 7) is 5.00. The van der Waals surface area contributed by atoms with Crippen LogP contribution in [0.25, 0.3) is 0 Å². The average Bonchev–Trinajstić information content (AvgIpc) is 2.43. The van der Waals surface area contributed by atoms with E-state index in [0.717, 1.165) is 5.92 Å². The minimum Gasteiger partial charge on any atom is -0.468 e. The molecule has 0 amide bonds. The first-order valence-electron chi connectivity index (χ1n) is 4.36. The Morgan fingerprint density at radius 1 is 1.45 bits per heavy atom. The van der Waals surface area contributed by atoms with Crippen LogP contribution in [-0.2, 0) is 9.53 Å². The molecule has 11 heavy (non-hydrogen) atoms. The SMILES string of the molecule is CC1CCCC1.CCOC=O. The third-order valence-corrected chi connectivity index (χ3v) is 1.88. The van der Waals surface area contributed by atoms with E-state index in [1.807, 2.05) is 0 Å². The molecule has 0 radical (unpaired) electrons. The molecule has 1 aliphatic carbocycles. The van der Waals surface area contributed by atoms with E-state index in [4.69, 9.17) is 0 Å². The molecule has 0 heterocycles. The van der Waals surface area contributed by atoms with Crippen molar-refractivity contribution in [3.8, 4) is 0 Å². The van der Waals surface area contributed by atoms with Gasteiger partial charge < -0.3 is 4.74 Å². The molecule has 66 valence electrons. The van der Waals surface area contributed by atoms with Gasteiger partial charge in [0.05, 0.1) is 6.61 Å². The topological polar surface area (TPSA) is 26.3 Å². The predicted molar refractivity (Wildman–Crippen MR) is 45.3 cm³/mol. The lowest BCUT2D eigenvalue weighted by Crippen LogP contribution is -1.80. The molecule has 0 aromatic heterocycles. The van der Waals surface area contributed by atoms with Gasteiger partial charge in [0.2, 0.25) is 0 Å². The Hall–Kier alpha value is -0.530. The molecule has 1 fully saturated rings. The summed E-state index contributed by atoms with van der Waals surface area (Å²) in [5, 5.41) is 0. The Labute approximate surface area is 68.9 Å². The Morgan fingerprint density at radius 2 is 2.00 bits per heavy atom. The second-order valence-corrected chi connectivity index (χ2v) is 2.94. The minimum atomic E-state index is 0.431. The fraction of sp³-hybridized carbons (Fsp3) is 0.889. The smallest absolute Gasteiger partial charge is 0.293 e. The van der Waals surface area contributed by atoms with Crippen molar-refractivity contribution >= 4 is 6.47 Å². The number of carbonyl (C=O) groups is 1. The first-order valence-corrected chi connectivity index (χ1v) is 4.36. The minimum absolute atomic E-state index is 0.431. The van der Waals surface area contributed by atoms with Crippen LogP contribution >= 0.6 is 0 Å². The van der Waals surface area contributed by atoms with Crippen molar-refractivity contribution in [3.05, 3.63) is 0 Å². The highest BCUT2D eigenvalue weighted by atomic mass is 16.5. The molecule has 2 heteroatoms. The zero-order chi connectivity index (χ0) is 8.53. The van der Waals surface area contributed by atoms with E-state index in [-0.39, 0.29) is 0 Å². The van der Waals surface area contributed by atoms with Crippen LogP contribution in [0.5, 0.6) is 0 Å². The standard InChI is InChI=1S/C6H12.C3H6O2/c1-6-4-2-3-5-6;1-2-5-3-4/h6H,2-5H2,1H3;3H,2H2,1H3. The average molecular weight is 158 g/mol. The lowest BCUT2D eigenvalue weighted by molar-refractivity contribution is -0.128. The van der Waals surface area contributed by atoms with Gasteiger partial charge in [-0.2, -0.15) is 0 Å². The third kappa shape index (κ3) is 7.37. The quantitative estimate of drug-likeness (QED) is 0.577. The van der Waals surface area contributed by atoms with Crippen molar-refractivity contribution in [2.45, 2.75) is 39.5 Å². The molecule has 0 N–H and O–H groups in total. The maximum absolute atomic E-state index is 9.18. The monoisotopic (exact) mass is 158 g/mol. The van der Waals surface area contributed by atoms with Gasteiger partial charge in [-0.1, -0.05) is 32.6 Å². The van der Waals surface area contributed by atoms with Crippen LogP contribution in [0.1, 0.15) is 39.5 Å². The second kappa shape index (κ2) is 7.58. The van der Waals surface area contributed by atoms with Crippen LogP contribution in [-0.4, -0.2) is 13.1 Å². The van der Waals surface area contributed by atoms with E-state index in [2.05, 4.69) is 11.7 Å². The summed E-state index contributed by atoms with van der Waals surface area (Å²) < 4.78 is 4.15. The fourth-order valence-corrected chi connectivity index (χ4v) is 1.20. The zero-order valence-electron chi connectivity index (χ0n) is 7.51. The zero-order valence-corrected chi connectivity index (χ0v) is 7.51. The maximum atomic E-state index is 9.18. The molecule has 0 aliphatic heterocycles. The molecule has 2 nitrogen and oxygen atoms in total. The maximum Gasteiger partial charge on any atom is 0.293 e. The van der Waals surface area contributed by atoms with Gasteiger partial charge in [0, 0.05) is 0 Å². The number of carbonyl (C=O) groups excluding carboxylic acids is 1. The summed E-state index contributed by atoms with van der Waals surface area (Å²) in [5.74, 6) is 1.05. The molecule has 1 aliphatic rings. The first kappa shape index (κ1) is 10.5. The number of ether oxygens (including phenoxy) is 1. The normalized spacial score (nSPS) is 16.9. The summed E-state index contributed by atoms with van der Waals surface area (Å²) in [6, 6.07) is 0. The van der Waals surface area contributed by atoms with E-state index in [1.165, 1.54) is 25.7 Å². The Kier molecular flexibility index (Phi) is 7.21. The highest BCUT2D eigenvalue weighted by Gasteiger charge is 2.07. The van der Waals surface area contributed by atoms with E-state index in [9.17, 15) is 4.79 Å². The van der Waals surface area contributed by atoms with Crippen molar-refractivity contribution in [2.75, 3.05) is 6.61 Å². The number of hydrogen-bond donors (Lipinski definition) is 0. The highest BCUT2D eigenvalue weighted by Crippen LogP contribution is 2.22. The second-order valence-electron chi connectivity index (χ2n) is 2.94. The molecule has 1 saturated carbocycles. The lowest BCUT2D eigenvalue weighted by atomic mass is 10.2. The van der Waals surface area contributed by atoms with Crippen LogP contribution in [0.3, 0.4) is 0 Å². The summed E-state index contributed by atoms with van der Waals surface area (Å²) in [6.07, 6.45) is 5.95. The third-order valence-electron chi connectivity index (χ3n) is 1.88. The van der Waals surface area contributed by atoms with Crippen LogP contribution in [0.2, 0.25) is 0 Å². The fourth-order valence-electron chi connectivity index (χ4n) is 1.20. The molecule has 0 unspecified atom stereocenters. The molecule has 0 bridgehead atoms. The Bertz CT molecular complexity index is 85.6. The van der Waals surface area contributed by atoms with Gasteiger partial charge >= 0.3 is 0 Å². The van der Waals surface area contributed by atoms with Gasteiger partial charge in [-0.15, -0.1) is 0 Å². The van der Waals surface area contributed by atoms with Gasteiger partial charge in [-0.25, -0.2) is 0 Å². The van der Waals surface area contributed by atoms with E-state index in [1.54, 1.807) is 6.92 Å². The molecular formula is C9H18O2. The Balaban J connectivity index is 0.000000187. The summed E-state index contributed by atoms with van der Waals surface area (Å²) in [4.78, 5) is 9.18. The molecule has 0 saturated heterocycles. The summed E-state index contributed by atoms with van der Waals surface area (Å²) in [5.41, 5.74) is 0. The Morgan fingerprint density at radius 3 is 2.09 bits per heavy atom. The molecule has 1 rings (SSSR count). The lowest BCUT2D eigenvalue weighted by Gasteiger charge is -1.91. The van der Waals surface area contributed by atoms with E-state index < -0.39 is 0 Å². The largest absolute Gasteiger partial charge is 0.468 e. The van der Waals surface area contributed by atoms with E-state index in [0.29, 0.717) is 13.1 Å². The number of hydrogen-bond acceptors (Lipinski definition) is 2. The predicted octanol–water partition coefficient (Wildman–Crippen LogP) is 2.38. The van der Waals surface area contributed by atoms with Crippen LogP contribution in [0.4, 0.5) is 0 Å². The van der Waals surface area contributed by atoms with Crippen molar-refractivity contribution in [3.63, 3.8) is 0 Å². The first-order chi connectivity index (χ1) is 5.31. The van der Waals surface area contributed by atoms with Crippen LogP contribution in [0.15, 0.2) is 0 Å². The summed E-state index contributed by atoms with van der Waals surface area (Å²) >= 11 is 0. The molecule has 0 atom stereocenters. The van der Waals surface area contributed by atoms with Crippen molar-refractivity contribution in [2.24, 2.45) is 5.92 Å². The van der Waals surface area contributed by atoms with Crippen molar-refractivity contribution in [1.29, 1.82) is 0 Å². The number of rotatable bonds is 2. The van der Waals surface area contributed by atoms with Gasteiger partial charge in [0.1, 0.15) is 0 Å². The van der Waals surface area contributed by atoms with Crippen LogP contribution < -0.4 is 0 Å². The van der Waals surface area contributed by atoms with Gasteiger partial charge in [0.25, 0.3) is 6.47 Å².